The molecule has 0 spiro atoms. The Hall–Kier alpha value is -3.52. The lowest BCUT2D eigenvalue weighted by Gasteiger charge is -2.28. The number of aliphatic hydroxyl groups excluding tert-OH is 1. The Labute approximate surface area is 200 Å². The van der Waals surface area contributed by atoms with Crippen molar-refractivity contribution in [2.24, 2.45) is 0 Å². The van der Waals surface area contributed by atoms with Crippen molar-refractivity contribution >= 4 is 22.9 Å². The highest BCUT2D eigenvalue weighted by atomic mass is 16.3. The quantitative estimate of drug-likeness (QED) is 0.333. The zero-order valence-electron chi connectivity index (χ0n) is 20.3. The average Bonchev–Trinajstić information content (AvgIpc) is 3.27. The van der Waals surface area contributed by atoms with Crippen molar-refractivity contribution < 1.29 is 5.11 Å². The van der Waals surface area contributed by atoms with Gasteiger partial charge in [-0.1, -0.05) is 30.3 Å². The van der Waals surface area contributed by atoms with E-state index in [1.165, 1.54) is 5.56 Å². The van der Waals surface area contributed by atoms with Gasteiger partial charge in [-0.15, -0.1) is 0 Å². The number of imidazole rings is 1. The predicted molar refractivity (Wildman–Crippen MR) is 137 cm³/mol. The number of hydrogen-bond acceptors (Lipinski definition) is 7. The maximum Gasteiger partial charge on any atom is 0.226 e. The lowest BCUT2D eigenvalue weighted by Crippen LogP contribution is -2.31. The van der Waals surface area contributed by atoms with Crippen LogP contribution in [0, 0.1) is 0 Å². The van der Waals surface area contributed by atoms with Crippen LogP contribution >= 0.6 is 0 Å². The molecule has 0 saturated heterocycles. The number of pyridine rings is 1. The summed E-state index contributed by atoms with van der Waals surface area (Å²) in [6, 6.07) is 14.9. The van der Waals surface area contributed by atoms with Gasteiger partial charge >= 0.3 is 0 Å². The van der Waals surface area contributed by atoms with Gasteiger partial charge in [0.15, 0.2) is 17.0 Å². The van der Waals surface area contributed by atoms with Crippen LogP contribution < -0.4 is 10.2 Å². The van der Waals surface area contributed by atoms with E-state index in [0.29, 0.717) is 25.5 Å². The van der Waals surface area contributed by atoms with Gasteiger partial charge in [0, 0.05) is 43.5 Å². The van der Waals surface area contributed by atoms with Crippen molar-refractivity contribution in [3.05, 3.63) is 60.6 Å². The van der Waals surface area contributed by atoms with Crippen LogP contribution in [0.3, 0.4) is 0 Å². The van der Waals surface area contributed by atoms with Gasteiger partial charge in [-0.25, -0.2) is 4.98 Å². The molecule has 2 N–H and O–H groups in total. The summed E-state index contributed by atoms with van der Waals surface area (Å²) >= 11 is 0. The molecule has 0 aliphatic heterocycles. The molecule has 0 fully saturated rings. The fourth-order valence-corrected chi connectivity index (χ4v) is 3.85. The molecule has 4 aromatic rings. The molecule has 0 radical (unpaired) electrons. The highest BCUT2D eigenvalue weighted by molar-refractivity contribution is 5.85. The van der Waals surface area contributed by atoms with Crippen LogP contribution in [0.1, 0.15) is 45.7 Å². The molecule has 0 aliphatic rings. The predicted octanol–water partition coefficient (Wildman–Crippen LogP) is 4.68. The summed E-state index contributed by atoms with van der Waals surface area (Å²) in [7, 11) is 0. The lowest BCUT2D eigenvalue weighted by molar-refractivity contribution is 0.292. The number of benzene rings is 1. The van der Waals surface area contributed by atoms with E-state index >= 15 is 0 Å². The molecule has 0 bridgehead atoms. The Morgan fingerprint density at radius 1 is 1.00 bits per heavy atom. The zero-order valence-corrected chi connectivity index (χ0v) is 20.3. The van der Waals surface area contributed by atoms with Gasteiger partial charge in [-0.05, 0) is 51.8 Å². The number of nitrogens with one attached hydrogen (secondary N) is 1. The Bertz CT molecular complexity index is 1200. The molecule has 3 aromatic heterocycles. The van der Waals surface area contributed by atoms with E-state index in [2.05, 4.69) is 71.7 Å². The number of hydrogen-bond donors (Lipinski definition) is 2. The Balaban J connectivity index is 1.69. The van der Waals surface area contributed by atoms with Crippen LogP contribution in [0.25, 0.3) is 22.4 Å². The fourth-order valence-electron chi connectivity index (χ4n) is 3.85. The van der Waals surface area contributed by atoms with E-state index < -0.39 is 0 Å². The van der Waals surface area contributed by atoms with E-state index in [-0.39, 0.29) is 18.7 Å². The number of nitrogens with zero attached hydrogens (tertiary/aromatic N) is 6. The summed E-state index contributed by atoms with van der Waals surface area (Å²) in [5, 5.41) is 12.4. The molecular weight excluding hydrogens is 426 g/mol. The van der Waals surface area contributed by atoms with E-state index in [1.807, 2.05) is 30.7 Å². The fraction of sp³-hybridized carbons (Fsp3) is 0.385. The topological polar surface area (TPSA) is 92.0 Å². The second kappa shape index (κ2) is 10.6. The molecule has 4 rings (SSSR count). The number of anilines is 2. The summed E-state index contributed by atoms with van der Waals surface area (Å²) in [5.41, 5.74) is 4.84. The Kier molecular flexibility index (Phi) is 7.37. The summed E-state index contributed by atoms with van der Waals surface area (Å²) < 4.78 is 2.07. The number of aromatic nitrogens is 5. The van der Waals surface area contributed by atoms with Gasteiger partial charge in [0.25, 0.3) is 0 Å². The van der Waals surface area contributed by atoms with Gasteiger partial charge in [0.2, 0.25) is 5.95 Å². The summed E-state index contributed by atoms with van der Waals surface area (Å²) in [4.78, 5) is 21.0. The molecule has 34 heavy (non-hydrogen) atoms. The van der Waals surface area contributed by atoms with Crippen molar-refractivity contribution in [3.63, 3.8) is 0 Å². The normalized spacial score (nSPS) is 11.5. The second-order valence-corrected chi connectivity index (χ2v) is 8.93. The molecule has 1 aromatic carbocycles. The van der Waals surface area contributed by atoms with E-state index in [9.17, 15) is 0 Å². The van der Waals surface area contributed by atoms with E-state index in [4.69, 9.17) is 20.1 Å². The summed E-state index contributed by atoms with van der Waals surface area (Å²) in [6.07, 6.45) is 4.29. The monoisotopic (exact) mass is 459 g/mol. The maximum absolute atomic E-state index is 9.16. The first-order valence-corrected chi connectivity index (χ1v) is 11.8. The summed E-state index contributed by atoms with van der Waals surface area (Å²) in [6.45, 7) is 9.97. The first kappa shape index (κ1) is 23.6. The lowest BCUT2D eigenvalue weighted by atomic mass is 10.1. The van der Waals surface area contributed by atoms with Crippen LogP contribution in [-0.4, -0.2) is 48.8 Å². The van der Waals surface area contributed by atoms with Crippen molar-refractivity contribution in [2.45, 2.75) is 52.7 Å². The average molecular weight is 460 g/mol. The minimum atomic E-state index is 0.124. The third-order valence-corrected chi connectivity index (χ3v) is 5.74. The molecule has 0 aliphatic carbocycles. The number of aliphatic hydroxyl groups is 1. The summed E-state index contributed by atoms with van der Waals surface area (Å²) in [5.74, 6) is 1.36. The van der Waals surface area contributed by atoms with E-state index in [1.54, 1.807) is 0 Å². The molecule has 0 amide bonds. The second-order valence-electron chi connectivity index (χ2n) is 8.93. The minimum absolute atomic E-state index is 0.124. The Morgan fingerprint density at radius 2 is 1.79 bits per heavy atom. The third-order valence-electron chi connectivity index (χ3n) is 5.74. The van der Waals surface area contributed by atoms with Crippen LogP contribution in [0.4, 0.5) is 11.8 Å². The van der Waals surface area contributed by atoms with Crippen LogP contribution in [-0.2, 0) is 6.54 Å². The SMILES string of the molecule is CC(C)N(Cc1ccc(-c2ccccn2)cc1)c1nc(NCCCO)nc2c1ncn2C(C)C. The molecule has 3 heterocycles. The van der Waals surface area contributed by atoms with E-state index in [0.717, 1.165) is 28.2 Å². The van der Waals surface area contributed by atoms with Gasteiger partial charge in [-0.2, -0.15) is 9.97 Å². The molecule has 0 unspecified atom stereocenters. The third kappa shape index (κ3) is 5.17. The largest absolute Gasteiger partial charge is 0.396 e. The number of fused-ring (bicyclic) bond motifs is 1. The highest BCUT2D eigenvalue weighted by Gasteiger charge is 2.22. The van der Waals surface area contributed by atoms with Gasteiger partial charge in [-0.3, -0.25) is 4.98 Å². The standard InChI is InChI=1S/C26H33N7O/c1-18(2)32(16-20-9-11-21(12-10-20)22-8-5-6-13-27-22)24-23-25(33(17-29-23)19(3)4)31-26(30-24)28-14-7-15-34/h5-6,8-13,17-19,34H,7,14-16H2,1-4H3,(H,28,30,31). The van der Waals surface area contributed by atoms with Crippen molar-refractivity contribution in [1.29, 1.82) is 0 Å². The maximum atomic E-state index is 9.16. The first-order valence-electron chi connectivity index (χ1n) is 11.8. The zero-order chi connectivity index (χ0) is 24.1. The molecular formula is C26H33N7O. The van der Waals surface area contributed by atoms with Crippen molar-refractivity contribution in [1.82, 2.24) is 24.5 Å². The molecule has 0 saturated carbocycles. The van der Waals surface area contributed by atoms with Crippen molar-refractivity contribution in [2.75, 3.05) is 23.4 Å². The van der Waals surface area contributed by atoms with Gasteiger partial charge < -0.3 is 19.9 Å². The Morgan fingerprint density at radius 3 is 2.44 bits per heavy atom. The van der Waals surface area contributed by atoms with Crippen LogP contribution in [0.5, 0.6) is 0 Å². The van der Waals surface area contributed by atoms with Crippen LogP contribution in [0.15, 0.2) is 55.0 Å². The van der Waals surface area contributed by atoms with Gasteiger partial charge in [0.05, 0.1) is 12.0 Å². The van der Waals surface area contributed by atoms with Crippen molar-refractivity contribution in [3.8, 4) is 11.3 Å². The molecule has 8 nitrogen and oxygen atoms in total. The minimum Gasteiger partial charge on any atom is -0.396 e. The molecule has 178 valence electrons. The first-order chi connectivity index (χ1) is 16.5. The molecule has 8 heteroatoms. The smallest absolute Gasteiger partial charge is 0.226 e. The van der Waals surface area contributed by atoms with Gasteiger partial charge in [0.1, 0.15) is 0 Å². The molecule has 0 atom stereocenters. The highest BCUT2D eigenvalue weighted by Crippen LogP contribution is 2.29. The number of rotatable bonds is 10. The van der Waals surface area contributed by atoms with Crippen LogP contribution in [0.2, 0.25) is 0 Å².